The molecule has 0 amide bonds. The molecule has 3 fully saturated rings. The van der Waals surface area contributed by atoms with Crippen molar-refractivity contribution in [1.82, 2.24) is 16.2 Å². The predicted molar refractivity (Wildman–Crippen MR) is 90.8 cm³/mol. The minimum atomic E-state index is 0.390. The van der Waals surface area contributed by atoms with Crippen molar-refractivity contribution < 1.29 is 4.74 Å². The van der Waals surface area contributed by atoms with Crippen LogP contribution in [0.5, 0.6) is 0 Å². The molecule has 128 valence electrons. The van der Waals surface area contributed by atoms with E-state index in [0.29, 0.717) is 17.6 Å². The first-order chi connectivity index (χ1) is 10.8. The van der Waals surface area contributed by atoms with Crippen molar-refractivity contribution in [1.29, 1.82) is 0 Å². The molecule has 2 saturated carbocycles. The molecule has 0 radical (unpaired) electrons. The van der Waals surface area contributed by atoms with Crippen LogP contribution in [0.15, 0.2) is 0 Å². The molecule has 3 N–H and O–H groups in total. The van der Waals surface area contributed by atoms with Crippen molar-refractivity contribution in [3.05, 3.63) is 0 Å². The Bertz CT molecular complexity index is 336. The van der Waals surface area contributed by atoms with Gasteiger partial charge < -0.3 is 4.74 Å². The smallest absolute Gasteiger partial charge is 0.0736 e. The van der Waals surface area contributed by atoms with Crippen molar-refractivity contribution in [3.63, 3.8) is 0 Å². The first-order valence-electron chi connectivity index (χ1n) is 9.17. The van der Waals surface area contributed by atoms with Crippen LogP contribution in [0.3, 0.4) is 0 Å². The van der Waals surface area contributed by atoms with E-state index in [0.717, 1.165) is 30.9 Å². The Balaban J connectivity index is 1.60. The Morgan fingerprint density at radius 2 is 1.73 bits per heavy atom. The van der Waals surface area contributed by atoms with Gasteiger partial charge in [0.2, 0.25) is 0 Å². The van der Waals surface area contributed by atoms with E-state index in [1.54, 1.807) is 7.11 Å². The van der Waals surface area contributed by atoms with Crippen LogP contribution in [0.2, 0.25) is 0 Å². The van der Waals surface area contributed by atoms with Crippen molar-refractivity contribution in [2.75, 3.05) is 20.3 Å². The second kappa shape index (κ2) is 8.29. The minimum Gasteiger partial charge on any atom is -0.383 e. The van der Waals surface area contributed by atoms with E-state index in [1.807, 2.05) is 0 Å². The van der Waals surface area contributed by atoms with Crippen LogP contribution in [0.25, 0.3) is 0 Å². The van der Waals surface area contributed by atoms with Gasteiger partial charge in [0.05, 0.1) is 12.8 Å². The van der Waals surface area contributed by atoms with Crippen molar-refractivity contribution >= 4 is 11.6 Å². The van der Waals surface area contributed by atoms with Gasteiger partial charge in [-0.25, -0.2) is 5.43 Å². The molecule has 22 heavy (non-hydrogen) atoms. The van der Waals surface area contributed by atoms with Gasteiger partial charge in [0.1, 0.15) is 0 Å². The van der Waals surface area contributed by atoms with Gasteiger partial charge in [0.25, 0.3) is 0 Å². The second-order valence-electron chi connectivity index (χ2n) is 7.36. The molecular weight excluding hydrogens is 298 g/mol. The number of hydrogen-bond acceptors (Lipinski definition) is 4. The van der Waals surface area contributed by atoms with E-state index in [4.69, 9.17) is 16.3 Å². The quantitative estimate of drug-likeness (QED) is 0.536. The summed E-state index contributed by atoms with van der Waals surface area (Å²) < 4.78 is 5.17. The normalized spacial score (nSPS) is 42.8. The summed E-state index contributed by atoms with van der Waals surface area (Å²) in [4.78, 5) is 0. The molecule has 1 aliphatic heterocycles. The highest BCUT2D eigenvalue weighted by Crippen LogP contribution is 2.41. The number of hydrazine groups is 1. The maximum atomic E-state index is 6.29. The average molecular weight is 330 g/mol. The summed E-state index contributed by atoms with van der Waals surface area (Å²) in [6, 6.07) is 0.634. The monoisotopic (exact) mass is 329 g/mol. The summed E-state index contributed by atoms with van der Waals surface area (Å²) in [5, 5.41) is 4.05. The molecule has 5 heteroatoms. The third-order valence-corrected chi connectivity index (χ3v) is 6.49. The Kier molecular flexibility index (Phi) is 6.40. The molecule has 1 heterocycles. The fourth-order valence-corrected chi connectivity index (χ4v) is 5.12. The van der Waals surface area contributed by atoms with Gasteiger partial charge in [-0.2, -0.15) is 0 Å². The van der Waals surface area contributed by atoms with Crippen LogP contribution < -0.4 is 16.2 Å². The van der Waals surface area contributed by atoms with Crippen LogP contribution in [0, 0.1) is 17.8 Å². The van der Waals surface area contributed by atoms with Gasteiger partial charge in [-0.05, 0) is 56.3 Å². The number of hydrogen-bond donors (Lipinski definition) is 3. The van der Waals surface area contributed by atoms with E-state index in [1.165, 1.54) is 51.4 Å². The minimum absolute atomic E-state index is 0.390. The van der Waals surface area contributed by atoms with Gasteiger partial charge in [0, 0.05) is 25.1 Å². The molecule has 4 atom stereocenters. The Morgan fingerprint density at radius 1 is 1.00 bits per heavy atom. The van der Waals surface area contributed by atoms with E-state index < -0.39 is 0 Å². The number of rotatable bonds is 5. The van der Waals surface area contributed by atoms with Crippen LogP contribution in [0.1, 0.15) is 51.4 Å². The van der Waals surface area contributed by atoms with Crippen LogP contribution in [-0.4, -0.2) is 37.8 Å². The Morgan fingerprint density at radius 3 is 2.45 bits per heavy atom. The molecule has 0 aromatic rings. The first kappa shape index (κ1) is 17.0. The summed E-state index contributed by atoms with van der Waals surface area (Å²) in [6.07, 6.45) is 10.9. The summed E-state index contributed by atoms with van der Waals surface area (Å²) in [5.74, 6) is 2.37. The zero-order valence-electron chi connectivity index (χ0n) is 13.8. The fraction of sp³-hybridized carbons (Fsp3) is 1.00. The third kappa shape index (κ3) is 3.96. The maximum Gasteiger partial charge on any atom is 0.0736 e. The predicted octanol–water partition coefficient (Wildman–Crippen LogP) is 2.63. The third-order valence-electron chi connectivity index (χ3n) is 6.05. The lowest BCUT2D eigenvalue weighted by atomic mass is 9.67. The number of methoxy groups -OCH3 is 1. The van der Waals surface area contributed by atoms with Crippen molar-refractivity contribution in [3.8, 4) is 0 Å². The van der Waals surface area contributed by atoms with Gasteiger partial charge in [0.15, 0.2) is 0 Å². The molecule has 4 unspecified atom stereocenters. The first-order valence-corrected chi connectivity index (χ1v) is 9.60. The van der Waals surface area contributed by atoms with Crippen molar-refractivity contribution in [2.45, 2.75) is 69.0 Å². The number of ether oxygens (including phenoxy) is 1. The number of halogens is 1. The number of nitrogens with one attached hydrogen (secondary N) is 3. The van der Waals surface area contributed by atoms with Gasteiger partial charge in [-0.15, -0.1) is 11.6 Å². The highest BCUT2D eigenvalue weighted by Gasteiger charge is 2.43. The molecular formula is C17H32ClN3O. The zero-order valence-corrected chi connectivity index (χ0v) is 14.6. The lowest BCUT2D eigenvalue weighted by Gasteiger charge is -2.50. The molecule has 0 spiro atoms. The summed E-state index contributed by atoms with van der Waals surface area (Å²) in [6.45, 7) is 1.69. The maximum absolute atomic E-state index is 6.29. The Hall–Kier alpha value is 0.130. The fourth-order valence-electron chi connectivity index (χ4n) is 4.87. The molecule has 0 aromatic carbocycles. The lowest BCUT2D eigenvalue weighted by molar-refractivity contribution is 0.0226. The molecule has 0 aromatic heterocycles. The number of fused-ring (bicyclic) bond motifs is 1. The summed E-state index contributed by atoms with van der Waals surface area (Å²) in [5.41, 5.74) is 7.27. The van der Waals surface area contributed by atoms with Crippen molar-refractivity contribution in [2.24, 2.45) is 17.8 Å². The average Bonchev–Trinajstić information content (AvgIpc) is 2.56. The summed E-state index contributed by atoms with van der Waals surface area (Å²) >= 11 is 6.29. The highest BCUT2D eigenvalue weighted by atomic mass is 35.5. The molecule has 2 aliphatic carbocycles. The molecule has 0 bridgehead atoms. The van der Waals surface area contributed by atoms with Gasteiger partial charge >= 0.3 is 0 Å². The molecule has 1 saturated heterocycles. The van der Waals surface area contributed by atoms with Crippen LogP contribution >= 0.6 is 11.6 Å². The van der Waals surface area contributed by atoms with Gasteiger partial charge in [-0.3, -0.25) is 10.7 Å². The standard InChI is InChI=1S/C17H32ClN3O/c1-22-11-10-19-17-15-5-3-2-4-14(15)16(20-21-17)12-6-8-13(18)9-7-12/h12-17,19-21H,2-11H2,1H3. The van der Waals surface area contributed by atoms with E-state index >= 15 is 0 Å². The van der Waals surface area contributed by atoms with E-state index in [2.05, 4.69) is 16.2 Å². The van der Waals surface area contributed by atoms with E-state index in [9.17, 15) is 0 Å². The van der Waals surface area contributed by atoms with E-state index in [-0.39, 0.29) is 0 Å². The number of alkyl halides is 1. The SMILES string of the molecule is COCCNC1NNC(C2CCC(Cl)CC2)C2CCCCC12. The molecule has 3 aliphatic rings. The van der Waals surface area contributed by atoms with Gasteiger partial charge in [-0.1, -0.05) is 12.8 Å². The highest BCUT2D eigenvalue weighted by molar-refractivity contribution is 6.20. The van der Waals surface area contributed by atoms with Crippen LogP contribution in [-0.2, 0) is 4.74 Å². The van der Waals surface area contributed by atoms with Crippen LogP contribution in [0.4, 0.5) is 0 Å². The lowest BCUT2D eigenvalue weighted by Crippen LogP contribution is -2.67. The largest absolute Gasteiger partial charge is 0.383 e. The topological polar surface area (TPSA) is 45.3 Å². The second-order valence-corrected chi connectivity index (χ2v) is 7.98. The molecule has 3 rings (SSSR count). The zero-order chi connectivity index (χ0) is 15.4. The summed E-state index contributed by atoms with van der Waals surface area (Å²) in [7, 11) is 1.76. The Labute approximate surface area is 140 Å². The molecule has 4 nitrogen and oxygen atoms in total.